The van der Waals surface area contributed by atoms with E-state index in [-0.39, 0.29) is 5.91 Å². The van der Waals surface area contributed by atoms with Crippen molar-refractivity contribution in [2.75, 3.05) is 22.9 Å². The molecule has 4 aromatic rings. The van der Waals surface area contributed by atoms with Gasteiger partial charge in [0.25, 0.3) is 5.91 Å². The third kappa shape index (κ3) is 3.02. The summed E-state index contributed by atoms with van der Waals surface area (Å²) in [6.45, 7) is 2.09. The van der Waals surface area contributed by atoms with Gasteiger partial charge >= 0.3 is 0 Å². The number of aromatic nitrogens is 1. The van der Waals surface area contributed by atoms with Crippen LogP contribution >= 0.6 is 0 Å². The van der Waals surface area contributed by atoms with Gasteiger partial charge in [0.15, 0.2) is 0 Å². The van der Waals surface area contributed by atoms with E-state index in [4.69, 9.17) is 0 Å². The smallest absolute Gasteiger partial charge is 0.263 e. The fourth-order valence-electron chi connectivity index (χ4n) is 5.02. The number of carbonyl (C=O) groups excluding carboxylic acids is 1. The molecule has 1 N–H and O–H groups in total. The highest BCUT2D eigenvalue weighted by Gasteiger charge is 2.33. The Bertz CT molecular complexity index is 1330. The van der Waals surface area contributed by atoms with Crippen LogP contribution in [0.1, 0.15) is 30.4 Å². The van der Waals surface area contributed by atoms with Crippen LogP contribution in [0.4, 0.5) is 17.2 Å². The van der Waals surface area contributed by atoms with Crippen molar-refractivity contribution in [3.63, 3.8) is 0 Å². The molecule has 6 rings (SSSR count). The Morgan fingerprint density at radius 1 is 0.781 bits per heavy atom. The molecule has 3 aromatic carbocycles. The van der Waals surface area contributed by atoms with Crippen molar-refractivity contribution in [2.24, 2.45) is 0 Å². The molecule has 2 aliphatic rings. The van der Waals surface area contributed by atoms with Crippen LogP contribution in [0.2, 0.25) is 0 Å². The number of benzene rings is 3. The van der Waals surface area contributed by atoms with E-state index in [2.05, 4.69) is 46.3 Å². The van der Waals surface area contributed by atoms with Gasteiger partial charge in [0, 0.05) is 40.8 Å². The largest absolute Gasteiger partial charge is 0.358 e. The Balaban J connectivity index is 1.54. The molecular formula is C28H25N3O. The first kappa shape index (κ1) is 18.9. The minimum atomic E-state index is 0.0206. The number of amides is 1. The summed E-state index contributed by atoms with van der Waals surface area (Å²) in [4.78, 5) is 21.7. The molecule has 3 heterocycles. The van der Waals surface area contributed by atoms with Gasteiger partial charge in [-0.05, 0) is 49.6 Å². The van der Waals surface area contributed by atoms with E-state index in [0.717, 1.165) is 57.9 Å². The summed E-state index contributed by atoms with van der Waals surface area (Å²) in [5.41, 5.74) is 5.77. The average molecular weight is 420 g/mol. The van der Waals surface area contributed by atoms with Crippen molar-refractivity contribution in [1.82, 2.24) is 4.98 Å². The van der Waals surface area contributed by atoms with E-state index in [9.17, 15) is 4.79 Å². The lowest BCUT2D eigenvalue weighted by Crippen LogP contribution is -2.30. The average Bonchev–Trinajstić information content (AvgIpc) is 3.36. The molecular weight excluding hydrogens is 394 g/mol. The standard InChI is InChI=1S/C28H25N3O/c32-28-24(22-14-6-8-16-26(22)31(28)20-11-3-1-4-12-20)19-23-21-13-5-7-15-25(21)29-27(23)30-17-9-2-10-18-30/h1,3-8,11-16,19,29H,2,9-10,17-18H2/b24-19+. The van der Waals surface area contributed by atoms with Crippen LogP contribution in [0.5, 0.6) is 0 Å². The number of carbonyl (C=O) groups is 1. The first-order valence-electron chi connectivity index (χ1n) is 11.4. The Morgan fingerprint density at radius 2 is 1.50 bits per heavy atom. The summed E-state index contributed by atoms with van der Waals surface area (Å²) < 4.78 is 0. The summed E-state index contributed by atoms with van der Waals surface area (Å²) in [6.07, 6.45) is 5.79. The molecule has 1 saturated heterocycles. The summed E-state index contributed by atoms with van der Waals surface area (Å²) in [5, 5.41) is 1.16. The molecule has 4 nitrogen and oxygen atoms in total. The number of nitrogens with one attached hydrogen (secondary N) is 1. The lowest BCUT2D eigenvalue weighted by molar-refractivity contribution is -0.112. The normalized spacial score (nSPS) is 17.4. The van der Waals surface area contributed by atoms with Gasteiger partial charge in [-0.2, -0.15) is 0 Å². The molecule has 0 bridgehead atoms. The molecule has 0 aliphatic carbocycles. The Kier molecular flexibility index (Phi) is 4.57. The highest BCUT2D eigenvalue weighted by molar-refractivity contribution is 6.38. The third-order valence-electron chi connectivity index (χ3n) is 6.57. The zero-order chi connectivity index (χ0) is 21.5. The highest BCUT2D eigenvalue weighted by atomic mass is 16.2. The Morgan fingerprint density at radius 3 is 2.34 bits per heavy atom. The lowest BCUT2D eigenvalue weighted by Gasteiger charge is -2.28. The summed E-state index contributed by atoms with van der Waals surface area (Å²) in [7, 11) is 0. The molecule has 0 atom stereocenters. The van der Waals surface area contributed by atoms with Crippen molar-refractivity contribution < 1.29 is 4.79 Å². The maximum absolute atomic E-state index is 13.7. The number of aromatic amines is 1. The predicted molar refractivity (Wildman–Crippen MR) is 132 cm³/mol. The SMILES string of the molecule is O=C1/C(=C/c2c(N3CCCCC3)[nH]c3ccccc23)c2ccccc2N1c1ccccc1. The minimum absolute atomic E-state index is 0.0206. The van der Waals surface area contributed by atoms with E-state index in [1.54, 1.807) is 0 Å². The Hall–Kier alpha value is -3.79. The van der Waals surface area contributed by atoms with Crippen molar-refractivity contribution in [3.05, 3.63) is 90.0 Å². The number of rotatable bonds is 3. The second-order valence-corrected chi connectivity index (χ2v) is 8.53. The zero-order valence-corrected chi connectivity index (χ0v) is 17.9. The second-order valence-electron chi connectivity index (χ2n) is 8.53. The first-order valence-corrected chi connectivity index (χ1v) is 11.4. The third-order valence-corrected chi connectivity index (χ3v) is 6.57. The summed E-state index contributed by atoms with van der Waals surface area (Å²) >= 11 is 0. The van der Waals surface area contributed by atoms with E-state index >= 15 is 0 Å². The number of fused-ring (bicyclic) bond motifs is 2. The molecule has 4 heteroatoms. The zero-order valence-electron chi connectivity index (χ0n) is 17.9. The van der Waals surface area contributed by atoms with Crippen molar-refractivity contribution in [2.45, 2.75) is 19.3 Å². The van der Waals surface area contributed by atoms with Crippen LogP contribution < -0.4 is 9.80 Å². The van der Waals surface area contributed by atoms with Gasteiger partial charge in [0.1, 0.15) is 5.82 Å². The van der Waals surface area contributed by atoms with Crippen LogP contribution in [-0.2, 0) is 4.79 Å². The number of H-pyrrole nitrogens is 1. The molecule has 0 radical (unpaired) electrons. The molecule has 158 valence electrons. The molecule has 1 aromatic heterocycles. The van der Waals surface area contributed by atoms with Crippen LogP contribution in [0.25, 0.3) is 22.6 Å². The second kappa shape index (κ2) is 7.72. The molecule has 1 amide bonds. The Labute approximate surface area is 187 Å². The summed E-state index contributed by atoms with van der Waals surface area (Å²) in [6, 6.07) is 26.4. The van der Waals surface area contributed by atoms with Crippen molar-refractivity contribution in [1.29, 1.82) is 0 Å². The van der Waals surface area contributed by atoms with Gasteiger partial charge in [-0.15, -0.1) is 0 Å². The van der Waals surface area contributed by atoms with Crippen molar-refractivity contribution >= 4 is 45.7 Å². The summed E-state index contributed by atoms with van der Waals surface area (Å²) in [5.74, 6) is 1.15. The minimum Gasteiger partial charge on any atom is -0.358 e. The maximum Gasteiger partial charge on any atom is 0.263 e. The van der Waals surface area contributed by atoms with E-state index in [1.165, 1.54) is 19.3 Å². The number of anilines is 3. The van der Waals surface area contributed by atoms with Gasteiger partial charge in [-0.25, -0.2) is 0 Å². The van der Waals surface area contributed by atoms with Crippen LogP contribution in [0.3, 0.4) is 0 Å². The van der Waals surface area contributed by atoms with Gasteiger partial charge in [0.05, 0.1) is 11.3 Å². The number of hydrogen-bond acceptors (Lipinski definition) is 2. The number of piperidine rings is 1. The molecule has 0 spiro atoms. The monoisotopic (exact) mass is 419 g/mol. The fraction of sp³-hybridized carbons (Fsp3) is 0.179. The molecule has 1 fully saturated rings. The lowest BCUT2D eigenvalue weighted by atomic mass is 10.0. The highest BCUT2D eigenvalue weighted by Crippen LogP contribution is 2.43. The van der Waals surface area contributed by atoms with Crippen LogP contribution in [-0.4, -0.2) is 24.0 Å². The molecule has 0 unspecified atom stereocenters. The number of hydrogen-bond donors (Lipinski definition) is 1. The van der Waals surface area contributed by atoms with Gasteiger partial charge in [-0.3, -0.25) is 9.69 Å². The first-order chi connectivity index (χ1) is 15.8. The van der Waals surface area contributed by atoms with E-state index in [1.807, 2.05) is 53.4 Å². The van der Waals surface area contributed by atoms with Gasteiger partial charge in [0.2, 0.25) is 0 Å². The molecule has 2 aliphatic heterocycles. The van der Waals surface area contributed by atoms with Crippen molar-refractivity contribution in [3.8, 4) is 0 Å². The fourth-order valence-corrected chi connectivity index (χ4v) is 5.02. The van der Waals surface area contributed by atoms with Crippen LogP contribution in [0, 0.1) is 0 Å². The molecule has 0 saturated carbocycles. The van der Waals surface area contributed by atoms with Gasteiger partial charge in [-0.1, -0.05) is 54.6 Å². The quantitative estimate of drug-likeness (QED) is 0.392. The van der Waals surface area contributed by atoms with E-state index in [0.29, 0.717) is 0 Å². The topological polar surface area (TPSA) is 39.3 Å². The number of nitrogens with zero attached hydrogens (tertiary/aromatic N) is 2. The molecule has 32 heavy (non-hydrogen) atoms. The van der Waals surface area contributed by atoms with E-state index < -0.39 is 0 Å². The van der Waals surface area contributed by atoms with Crippen LogP contribution in [0.15, 0.2) is 78.9 Å². The maximum atomic E-state index is 13.7. The number of para-hydroxylation sites is 3. The van der Waals surface area contributed by atoms with Gasteiger partial charge < -0.3 is 9.88 Å². The predicted octanol–water partition coefficient (Wildman–Crippen LogP) is 6.38.